The van der Waals surface area contributed by atoms with Crippen molar-refractivity contribution >= 4 is 34.5 Å². The van der Waals surface area contributed by atoms with E-state index < -0.39 is 0 Å². The summed E-state index contributed by atoms with van der Waals surface area (Å²) in [5, 5.41) is 5.91. The molecule has 3 aromatic rings. The van der Waals surface area contributed by atoms with Crippen LogP contribution in [0.1, 0.15) is 41.3 Å². The number of hydrazone groups is 1. The Morgan fingerprint density at radius 1 is 1.07 bits per heavy atom. The van der Waals surface area contributed by atoms with Crippen LogP contribution < -0.4 is 10.3 Å². The Bertz CT molecular complexity index is 1080. The van der Waals surface area contributed by atoms with Gasteiger partial charge in [-0.1, -0.05) is 62.4 Å². The van der Waals surface area contributed by atoms with Gasteiger partial charge in [-0.25, -0.2) is 5.43 Å². The molecule has 0 saturated carbocycles. The van der Waals surface area contributed by atoms with Crippen LogP contribution in [0.5, 0.6) is 0 Å². The van der Waals surface area contributed by atoms with Gasteiger partial charge in [-0.05, 0) is 34.6 Å². The molecule has 1 aliphatic heterocycles. The fourth-order valence-corrected chi connectivity index (χ4v) is 3.46. The fourth-order valence-electron chi connectivity index (χ4n) is 3.46. The highest BCUT2D eigenvalue weighted by Gasteiger charge is 2.30. The summed E-state index contributed by atoms with van der Waals surface area (Å²) >= 11 is 0. The highest BCUT2D eigenvalue weighted by Crippen LogP contribution is 2.36. The molecule has 0 atom stereocenters. The second-order valence-corrected chi connectivity index (χ2v) is 7.19. The summed E-state index contributed by atoms with van der Waals surface area (Å²) in [6, 6.07) is 19.4. The number of anilines is 1. The molecule has 3 aromatic carbocycles. The van der Waals surface area contributed by atoms with Crippen LogP contribution in [0.15, 0.2) is 65.8 Å². The van der Waals surface area contributed by atoms with Gasteiger partial charge in [0.25, 0.3) is 11.8 Å². The summed E-state index contributed by atoms with van der Waals surface area (Å²) in [5.41, 5.74) is 6.06. The molecule has 1 heterocycles. The van der Waals surface area contributed by atoms with Gasteiger partial charge in [0, 0.05) is 10.9 Å². The van der Waals surface area contributed by atoms with Gasteiger partial charge in [0.05, 0.1) is 11.9 Å². The number of nitrogens with one attached hydrogen (secondary N) is 1. The van der Waals surface area contributed by atoms with Crippen LogP contribution in [0, 0.1) is 0 Å². The Labute approximate surface area is 163 Å². The molecule has 4 rings (SSSR count). The van der Waals surface area contributed by atoms with Gasteiger partial charge in [-0.2, -0.15) is 5.10 Å². The number of hydrogen-bond acceptors (Lipinski definition) is 3. The molecule has 1 N–H and O–H groups in total. The van der Waals surface area contributed by atoms with Crippen LogP contribution in [-0.2, 0) is 4.79 Å². The van der Waals surface area contributed by atoms with E-state index in [9.17, 15) is 9.59 Å². The summed E-state index contributed by atoms with van der Waals surface area (Å²) in [4.78, 5) is 26.5. The lowest BCUT2D eigenvalue weighted by Crippen LogP contribution is -2.37. The molecule has 1 aliphatic rings. The third kappa shape index (κ3) is 3.27. The summed E-state index contributed by atoms with van der Waals surface area (Å²) in [6.45, 7) is 4.21. The molecule has 0 spiro atoms. The van der Waals surface area contributed by atoms with Crippen molar-refractivity contribution in [2.24, 2.45) is 5.10 Å². The molecule has 0 fully saturated rings. The monoisotopic (exact) mass is 371 g/mol. The summed E-state index contributed by atoms with van der Waals surface area (Å²) < 4.78 is 0. The van der Waals surface area contributed by atoms with E-state index in [1.807, 2.05) is 42.5 Å². The van der Waals surface area contributed by atoms with Gasteiger partial charge in [0.15, 0.2) is 0 Å². The van der Waals surface area contributed by atoms with Crippen LogP contribution in [0.25, 0.3) is 10.8 Å². The zero-order chi connectivity index (χ0) is 19.7. The predicted octanol–water partition coefficient (Wildman–Crippen LogP) is 4.07. The molecule has 0 bridgehead atoms. The van der Waals surface area contributed by atoms with Gasteiger partial charge < -0.3 is 0 Å². The first-order valence-electron chi connectivity index (χ1n) is 9.30. The van der Waals surface area contributed by atoms with E-state index in [2.05, 4.69) is 36.5 Å². The number of carbonyl (C=O) groups is 2. The van der Waals surface area contributed by atoms with Crippen molar-refractivity contribution in [3.8, 4) is 0 Å². The molecule has 0 aliphatic carbocycles. The zero-order valence-electron chi connectivity index (χ0n) is 15.8. The zero-order valence-corrected chi connectivity index (χ0v) is 15.8. The van der Waals surface area contributed by atoms with Gasteiger partial charge in [-0.15, -0.1) is 0 Å². The van der Waals surface area contributed by atoms with E-state index in [4.69, 9.17) is 0 Å². The number of nitrogens with zero attached hydrogens (tertiary/aromatic N) is 2. The summed E-state index contributed by atoms with van der Waals surface area (Å²) in [7, 11) is 0. The van der Waals surface area contributed by atoms with E-state index in [1.54, 1.807) is 12.3 Å². The van der Waals surface area contributed by atoms with Crippen molar-refractivity contribution in [2.45, 2.75) is 19.8 Å². The first kappa shape index (κ1) is 17.9. The SMILES string of the molecule is CC(C)c1ccc(/C=N/NC(=O)CN2C(=O)c3cccc4cccc2c34)cc1. The van der Waals surface area contributed by atoms with Crippen LogP contribution >= 0.6 is 0 Å². The Morgan fingerprint density at radius 3 is 2.50 bits per heavy atom. The second kappa shape index (κ2) is 7.27. The third-order valence-electron chi connectivity index (χ3n) is 4.96. The second-order valence-electron chi connectivity index (χ2n) is 7.19. The minimum atomic E-state index is -0.340. The highest BCUT2D eigenvalue weighted by atomic mass is 16.2. The molecule has 0 aromatic heterocycles. The maximum atomic E-state index is 12.7. The van der Waals surface area contributed by atoms with Gasteiger partial charge >= 0.3 is 0 Å². The van der Waals surface area contributed by atoms with Crippen molar-refractivity contribution in [2.75, 3.05) is 11.4 Å². The van der Waals surface area contributed by atoms with Crippen molar-refractivity contribution in [1.29, 1.82) is 0 Å². The number of hydrogen-bond donors (Lipinski definition) is 1. The molecule has 0 unspecified atom stereocenters. The number of benzene rings is 3. The molecule has 0 radical (unpaired) electrons. The lowest BCUT2D eigenvalue weighted by Gasteiger charge is -2.16. The highest BCUT2D eigenvalue weighted by molar-refractivity contribution is 6.26. The maximum Gasteiger partial charge on any atom is 0.260 e. The molecule has 28 heavy (non-hydrogen) atoms. The van der Waals surface area contributed by atoms with Gasteiger partial charge in [0.2, 0.25) is 0 Å². The molecule has 5 nitrogen and oxygen atoms in total. The Hall–Kier alpha value is -3.47. The first-order chi connectivity index (χ1) is 13.5. The lowest BCUT2D eigenvalue weighted by atomic mass is 10.0. The van der Waals surface area contributed by atoms with E-state index in [0.29, 0.717) is 11.5 Å². The molecular formula is C23H21N3O2. The molecule has 2 amide bonds. The third-order valence-corrected chi connectivity index (χ3v) is 4.96. The predicted molar refractivity (Wildman–Crippen MR) is 112 cm³/mol. The minimum Gasteiger partial charge on any atom is -0.298 e. The quantitative estimate of drug-likeness (QED) is 0.543. The van der Waals surface area contributed by atoms with Gasteiger partial charge in [0.1, 0.15) is 6.54 Å². The van der Waals surface area contributed by atoms with E-state index in [0.717, 1.165) is 22.0 Å². The van der Waals surface area contributed by atoms with Crippen molar-refractivity contribution in [1.82, 2.24) is 5.43 Å². The molecular weight excluding hydrogens is 350 g/mol. The van der Waals surface area contributed by atoms with E-state index >= 15 is 0 Å². The Morgan fingerprint density at radius 2 is 1.79 bits per heavy atom. The minimum absolute atomic E-state index is 0.0732. The Balaban J connectivity index is 1.43. The van der Waals surface area contributed by atoms with Crippen LogP contribution in [-0.4, -0.2) is 24.6 Å². The van der Waals surface area contributed by atoms with Crippen LogP contribution in [0.4, 0.5) is 5.69 Å². The Kier molecular flexibility index (Phi) is 4.65. The lowest BCUT2D eigenvalue weighted by molar-refractivity contribution is -0.119. The average molecular weight is 371 g/mol. The van der Waals surface area contributed by atoms with E-state index in [-0.39, 0.29) is 18.4 Å². The molecule has 5 heteroatoms. The number of carbonyl (C=O) groups excluding carboxylic acids is 2. The summed E-state index contributed by atoms with van der Waals surface area (Å²) in [5.74, 6) is -0.0271. The van der Waals surface area contributed by atoms with Crippen molar-refractivity contribution < 1.29 is 9.59 Å². The number of rotatable bonds is 5. The van der Waals surface area contributed by atoms with E-state index in [1.165, 1.54) is 10.5 Å². The molecule has 0 saturated heterocycles. The summed E-state index contributed by atoms with van der Waals surface area (Å²) in [6.07, 6.45) is 1.60. The largest absolute Gasteiger partial charge is 0.298 e. The van der Waals surface area contributed by atoms with Gasteiger partial charge in [-0.3, -0.25) is 14.5 Å². The standard InChI is InChI=1S/C23H21N3O2/c1-15(2)17-11-9-16(10-12-17)13-24-25-21(27)14-26-20-8-4-6-18-5-3-7-19(22(18)20)23(26)28/h3-13,15H,14H2,1-2H3,(H,25,27)/b24-13+. The topological polar surface area (TPSA) is 61.8 Å². The van der Waals surface area contributed by atoms with Crippen molar-refractivity contribution in [3.63, 3.8) is 0 Å². The van der Waals surface area contributed by atoms with Crippen LogP contribution in [0.3, 0.4) is 0 Å². The smallest absolute Gasteiger partial charge is 0.260 e. The van der Waals surface area contributed by atoms with Crippen molar-refractivity contribution in [3.05, 3.63) is 77.4 Å². The number of amides is 2. The maximum absolute atomic E-state index is 12.7. The van der Waals surface area contributed by atoms with Crippen LogP contribution in [0.2, 0.25) is 0 Å². The fraction of sp³-hybridized carbons (Fsp3) is 0.174. The normalized spacial score (nSPS) is 13.1. The first-order valence-corrected chi connectivity index (χ1v) is 9.30. The molecule has 140 valence electrons. The average Bonchev–Trinajstić information content (AvgIpc) is 2.96.